The van der Waals surface area contributed by atoms with Crippen LogP contribution in [0.4, 0.5) is 5.69 Å². The molecule has 1 aliphatic heterocycles. The molecule has 1 aliphatic rings. The predicted molar refractivity (Wildman–Crippen MR) is 92.4 cm³/mol. The van der Waals surface area contributed by atoms with Crippen LogP contribution >= 0.6 is 11.8 Å². The van der Waals surface area contributed by atoms with E-state index < -0.39 is 0 Å². The Balaban J connectivity index is 2.11. The fourth-order valence-corrected chi connectivity index (χ4v) is 3.71. The minimum absolute atomic E-state index is 0.0656. The Labute approximate surface area is 132 Å². The van der Waals surface area contributed by atoms with Crippen LogP contribution in [0.3, 0.4) is 0 Å². The van der Waals surface area contributed by atoms with Crippen molar-refractivity contribution in [2.24, 2.45) is 0 Å². The highest BCUT2D eigenvalue weighted by molar-refractivity contribution is 8.00. The Morgan fingerprint density at radius 3 is 2.81 bits per heavy atom. The lowest BCUT2D eigenvalue weighted by atomic mass is 9.96. The Morgan fingerprint density at radius 1 is 1.38 bits per heavy atom. The second kappa shape index (κ2) is 7.21. The molecule has 0 fully saturated rings. The van der Waals surface area contributed by atoms with E-state index in [-0.39, 0.29) is 10.7 Å². The van der Waals surface area contributed by atoms with Gasteiger partial charge in [0.2, 0.25) is 0 Å². The second-order valence-electron chi connectivity index (χ2n) is 5.64. The summed E-state index contributed by atoms with van der Waals surface area (Å²) >= 11 is 1.86. The van der Waals surface area contributed by atoms with Gasteiger partial charge in [-0.2, -0.15) is 11.8 Å². The number of thioether (sulfide) groups is 1. The number of anilines is 1. The molecule has 2 N–H and O–H groups in total. The first-order valence-electron chi connectivity index (χ1n) is 7.85. The number of hydrogen-bond donors (Lipinski definition) is 2. The maximum absolute atomic E-state index is 12.6. The van der Waals surface area contributed by atoms with Gasteiger partial charge in [-0.1, -0.05) is 19.9 Å². The van der Waals surface area contributed by atoms with E-state index in [2.05, 4.69) is 36.8 Å². The fraction of sp³-hybridized carbons (Fsp3) is 0.588. The average molecular weight is 306 g/mol. The number of benzene rings is 1. The van der Waals surface area contributed by atoms with Crippen LogP contribution in [-0.2, 0) is 6.42 Å². The number of fused-ring (bicyclic) bond motifs is 1. The fourth-order valence-electron chi connectivity index (χ4n) is 2.92. The summed E-state index contributed by atoms with van der Waals surface area (Å²) in [6, 6.07) is 5.98. The van der Waals surface area contributed by atoms with Crippen LogP contribution in [0, 0.1) is 0 Å². The van der Waals surface area contributed by atoms with Gasteiger partial charge in [0, 0.05) is 29.1 Å². The highest BCUT2D eigenvalue weighted by Crippen LogP contribution is 2.30. The van der Waals surface area contributed by atoms with Crippen molar-refractivity contribution in [2.45, 2.75) is 44.3 Å². The van der Waals surface area contributed by atoms with Gasteiger partial charge in [-0.3, -0.25) is 4.79 Å². The molecule has 1 amide bonds. The molecule has 0 spiro atoms. The van der Waals surface area contributed by atoms with Crippen LogP contribution in [-0.4, -0.2) is 30.0 Å². The van der Waals surface area contributed by atoms with Crippen molar-refractivity contribution in [1.29, 1.82) is 0 Å². The van der Waals surface area contributed by atoms with Crippen molar-refractivity contribution < 1.29 is 4.79 Å². The van der Waals surface area contributed by atoms with Gasteiger partial charge in [-0.15, -0.1) is 0 Å². The molecule has 2 rings (SSSR count). The molecule has 0 radical (unpaired) electrons. The van der Waals surface area contributed by atoms with Crippen molar-refractivity contribution in [1.82, 2.24) is 5.32 Å². The zero-order valence-electron chi connectivity index (χ0n) is 13.3. The number of hydrogen-bond acceptors (Lipinski definition) is 3. The normalized spacial score (nSPS) is 14.2. The lowest BCUT2D eigenvalue weighted by Gasteiger charge is -2.30. The van der Waals surface area contributed by atoms with Gasteiger partial charge in [0.05, 0.1) is 0 Å². The van der Waals surface area contributed by atoms with E-state index in [1.54, 1.807) is 0 Å². The molecule has 1 aromatic rings. The van der Waals surface area contributed by atoms with Crippen LogP contribution in [0.25, 0.3) is 0 Å². The topological polar surface area (TPSA) is 41.1 Å². The Kier molecular flexibility index (Phi) is 5.57. The number of rotatable bonds is 6. The third-order valence-corrected chi connectivity index (χ3v) is 6.22. The first-order chi connectivity index (χ1) is 10.2. The van der Waals surface area contributed by atoms with Gasteiger partial charge in [-0.25, -0.2) is 0 Å². The van der Waals surface area contributed by atoms with E-state index >= 15 is 0 Å². The molecule has 116 valence electrons. The zero-order valence-corrected chi connectivity index (χ0v) is 14.1. The molecule has 0 bridgehead atoms. The van der Waals surface area contributed by atoms with Crippen LogP contribution in [0.1, 0.15) is 49.0 Å². The van der Waals surface area contributed by atoms with Crippen LogP contribution in [0.15, 0.2) is 18.2 Å². The summed E-state index contributed by atoms with van der Waals surface area (Å²) in [7, 11) is 0. The monoisotopic (exact) mass is 306 g/mol. The Morgan fingerprint density at radius 2 is 2.14 bits per heavy atom. The molecule has 0 unspecified atom stereocenters. The summed E-state index contributed by atoms with van der Waals surface area (Å²) < 4.78 is 0.156. The third-order valence-electron chi connectivity index (χ3n) is 4.63. The maximum Gasteiger partial charge on any atom is 0.251 e. The van der Waals surface area contributed by atoms with E-state index in [1.165, 1.54) is 5.56 Å². The standard InChI is InChI=1S/C17H26N2OS/c1-4-17(5-2,21-3)12-19-16(20)14-8-6-10-15-13(14)9-7-11-18-15/h6,8,10,18H,4-5,7,9,11-12H2,1-3H3,(H,19,20). The van der Waals surface area contributed by atoms with Crippen LogP contribution < -0.4 is 10.6 Å². The molecule has 4 heteroatoms. The molecule has 0 aliphatic carbocycles. The number of carbonyl (C=O) groups excluding carboxylic acids is 1. The molecule has 1 heterocycles. The average Bonchev–Trinajstić information content (AvgIpc) is 2.56. The third kappa shape index (κ3) is 3.54. The summed E-state index contributed by atoms with van der Waals surface area (Å²) in [4.78, 5) is 12.6. The molecule has 3 nitrogen and oxygen atoms in total. The number of nitrogens with one attached hydrogen (secondary N) is 2. The number of carbonyl (C=O) groups is 1. The highest BCUT2D eigenvalue weighted by atomic mass is 32.2. The van der Waals surface area contributed by atoms with Crippen molar-refractivity contribution in [3.05, 3.63) is 29.3 Å². The van der Waals surface area contributed by atoms with Crippen LogP contribution in [0.5, 0.6) is 0 Å². The van der Waals surface area contributed by atoms with Crippen molar-refractivity contribution >= 4 is 23.4 Å². The predicted octanol–water partition coefficient (Wildman–Crippen LogP) is 3.70. The SMILES string of the molecule is CCC(CC)(CNC(=O)c1cccc2c1CCCN2)SC. The van der Waals surface area contributed by atoms with E-state index in [1.807, 2.05) is 23.9 Å². The molecule has 0 aromatic heterocycles. The van der Waals surface area contributed by atoms with E-state index in [0.717, 1.165) is 50.0 Å². The number of amides is 1. The summed E-state index contributed by atoms with van der Waals surface area (Å²) in [6.45, 7) is 6.12. The van der Waals surface area contributed by atoms with Crippen molar-refractivity contribution in [2.75, 3.05) is 24.7 Å². The zero-order chi connectivity index (χ0) is 15.3. The minimum atomic E-state index is 0.0656. The molecular formula is C17H26N2OS. The van der Waals surface area contributed by atoms with Crippen molar-refractivity contribution in [3.8, 4) is 0 Å². The van der Waals surface area contributed by atoms with E-state index in [9.17, 15) is 4.79 Å². The van der Waals surface area contributed by atoms with Gasteiger partial charge in [0.1, 0.15) is 0 Å². The smallest absolute Gasteiger partial charge is 0.251 e. The lowest BCUT2D eigenvalue weighted by molar-refractivity contribution is 0.0948. The van der Waals surface area contributed by atoms with E-state index in [0.29, 0.717) is 0 Å². The molecule has 21 heavy (non-hydrogen) atoms. The summed E-state index contributed by atoms with van der Waals surface area (Å²) in [5, 5.41) is 6.53. The minimum Gasteiger partial charge on any atom is -0.385 e. The van der Waals surface area contributed by atoms with Gasteiger partial charge < -0.3 is 10.6 Å². The Hall–Kier alpha value is -1.16. The first kappa shape index (κ1) is 16.2. The Bertz CT molecular complexity index is 489. The summed E-state index contributed by atoms with van der Waals surface area (Å²) in [6.07, 6.45) is 6.35. The summed E-state index contributed by atoms with van der Waals surface area (Å²) in [5.41, 5.74) is 3.13. The van der Waals surface area contributed by atoms with Gasteiger partial charge in [0.25, 0.3) is 5.91 Å². The molecular weight excluding hydrogens is 280 g/mol. The van der Waals surface area contributed by atoms with Gasteiger partial charge in [0.15, 0.2) is 0 Å². The molecule has 0 saturated heterocycles. The van der Waals surface area contributed by atoms with Crippen LogP contribution in [0.2, 0.25) is 0 Å². The molecule has 1 aromatic carbocycles. The lowest BCUT2D eigenvalue weighted by Crippen LogP contribution is -2.40. The van der Waals surface area contributed by atoms with Gasteiger partial charge in [-0.05, 0) is 49.6 Å². The van der Waals surface area contributed by atoms with Crippen molar-refractivity contribution in [3.63, 3.8) is 0 Å². The van der Waals surface area contributed by atoms with Gasteiger partial charge >= 0.3 is 0 Å². The highest BCUT2D eigenvalue weighted by Gasteiger charge is 2.26. The molecule has 0 atom stereocenters. The quantitative estimate of drug-likeness (QED) is 0.842. The molecule has 0 saturated carbocycles. The maximum atomic E-state index is 12.6. The first-order valence-corrected chi connectivity index (χ1v) is 9.07. The van der Waals surface area contributed by atoms with E-state index in [4.69, 9.17) is 0 Å². The largest absolute Gasteiger partial charge is 0.385 e. The second-order valence-corrected chi connectivity index (χ2v) is 6.91. The summed E-state index contributed by atoms with van der Waals surface area (Å²) in [5.74, 6) is 0.0656.